The molecule has 0 saturated heterocycles. The van der Waals surface area contributed by atoms with Gasteiger partial charge < -0.3 is 21.3 Å². The van der Waals surface area contributed by atoms with Crippen LogP contribution in [0.25, 0.3) is 0 Å². The van der Waals surface area contributed by atoms with Crippen molar-refractivity contribution in [2.24, 2.45) is 5.84 Å². The zero-order valence-electron chi connectivity index (χ0n) is 12.4. The molecule has 0 aliphatic rings. The van der Waals surface area contributed by atoms with Crippen molar-refractivity contribution >= 4 is 23.3 Å². The van der Waals surface area contributed by atoms with E-state index in [0.29, 0.717) is 16.9 Å². The van der Waals surface area contributed by atoms with Gasteiger partial charge in [0.05, 0.1) is 18.2 Å². The van der Waals surface area contributed by atoms with Gasteiger partial charge >= 0.3 is 5.97 Å². The number of phenols is 1. The number of methoxy groups -OCH3 is 1. The minimum Gasteiger partial charge on any atom is -0.507 e. The topological polar surface area (TPSA) is 154 Å². The van der Waals surface area contributed by atoms with Gasteiger partial charge in [0.2, 0.25) is 0 Å². The second-order valence-electron chi connectivity index (χ2n) is 4.36. The summed E-state index contributed by atoms with van der Waals surface area (Å²) in [4.78, 5) is 21.8. The Morgan fingerprint density at radius 3 is 2.09 bits per heavy atom. The maximum absolute atomic E-state index is 10.9. The number of carbonyl (C=O) groups is 2. The first-order valence-corrected chi connectivity index (χ1v) is 6.42. The van der Waals surface area contributed by atoms with Gasteiger partial charge in [0.15, 0.2) is 0 Å². The fraction of sp³-hybridized carbons (Fsp3) is 0.0667. The number of phenolic OH excluding ortho intramolecular Hbond substituents is 1. The summed E-state index contributed by atoms with van der Waals surface area (Å²) in [6.07, 6.45) is 0. The van der Waals surface area contributed by atoms with Crippen molar-refractivity contribution < 1.29 is 19.4 Å². The van der Waals surface area contributed by atoms with Crippen LogP contribution in [0.3, 0.4) is 0 Å². The summed E-state index contributed by atoms with van der Waals surface area (Å²) in [6, 6.07) is 10.8. The van der Waals surface area contributed by atoms with E-state index in [1.54, 1.807) is 24.3 Å². The van der Waals surface area contributed by atoms with Crippen LogP contribution in [-0.2, 0) is 4.74 Å². The number of hydrazine groups is 1. The van der Waals surface area contributed by atoms with E-state index in [2.05, 4.69) is 4.74 Å². The molecule has 0 radical (unpaired) electrons. The number of esters is 1. The lowest BCUT2D eigenvalue weighted by Gasteiger charge is -2.02. The molecule has 0 fully saturated rings. The summed E-state index contributed by atoms with van der Waals surface area (Å²) in [5, 5.41) is 9.20. The fourth-order valence-corrected chi connectivity index (χ4v) is 1.56. The third-order valence-electron chi connectivity index (χ3n) is 2.73. The molecule has 0 unspecified atom stereocenters. The second kappa shape index (κ2) is 8.25. The van der Waals surface area contributed by atoms with Gasteiger partial charge in [-0.25, -0.2) is 10.6 Å². The van der Waals surface area contributed by atoms with Gasteiger partial charge in [-0.15, -0.1) is 0 Å². The maximum Gasteiger partial charge on any atom is 0.337 e. The molecule has 2 aromatic carbocycles. The molecule has 0 aromatic heterocycles. The van der Waals surface area contributed by atoms with Crippen LogP contribution in [0, 0.1) is 0 Å². The van der Waals surface area contributed by atoms with Crippen molar-refractivity contribution in [2.75, 3.05) is 18.6 Å². The number of amides is 1. The highest BCUT2D eigenvalue weighted by Crippen LogP contribution is 2.19. The molecule has 2 rings (SSSR count). The average Bonchev–Trinajstić information content (AvgIpc) is 2.55. The average molecular weight is 318 g/mol. The largest absolute Gasteiger partial charge is 0.507 e. The standard InChI is InChI=1S/C8H9NO2.C7H9N3O2/c1-11-8(10)6-2-4-7(9)5-3-6;8-4-1-2-5(6(11)3-4)7(12)10-9/h2-5H,9H2,1H3;1-3,11H,8-9H2,(H,10,12). The predicted molar refractivity (Wildman–Crippen MR) is 86.4 cm³/mol. The van der Waals surface area contributed by atoms with Crippen molar-refractivity contribution in [1.82, 2.24) is 5.43 Å². The van der Waals surface area contributed by atoms with Gasteiger partial charge in [0.25, 0.3) is 5.91 Å². The molecule has 0 spiro atoms. The number of nitrogen functional groups attached to an aromatic ring is 3. The van der Waals surface area contributed by atoms with Crippen LogP contribution >= 0.6 is 0 Å². The number of nitrogens with two attached hydrogens (primary N) is 3. The van der Waals surface area contributed by atoms with Gasteiger partial charge in [0.1, 0.15) is 5.75 Å². The SMILES string of the molecule is COC(=O)c1ccc(N)cc1.NNC(=O)c1ccc(N)cc1O. The monoisotopic (exact) mass is 318 g/mol. The maximum atomic E-state index is 10.9. The number of benzene rings is 2. The molecule has 0 aliphatic carbocycles. The minimum atomic E-state index is -0.549. The molecule has 0 aliphatic heterocycles. The number of aromatic hydroxyl groups is 1. The number of hydrogen-bond acceptors (Lipinski definition) is 7. The van der Waals surface area contributed by atoms with E-state index in [1.165, 1.54) is 25.3 Å². The molecule has 8 nitrogen and oxygen atoms in total. The molecular weight excluding hydrogens is 300 g/mol. The smallest absolute Gasteiger partial charge is 0.337 e. The summed E-state index contributed by atoms with van der Waals surface area (Å²) < 4.78 is 4.50. The van der Waals surface area contributed by atoms with Crippen LogP contribution in [-0.4, -0.2) is 24.1 Å². The van der Waals surface area contributed by atoms with Gasteiger partial charge in [0, 0.05) is 17.4 Å². The summed E-state index contributed by atoms with van der Waals surface area (Å²) in [5.74, 6) is 3.80. The number of ether oxygens (including phenoxy) is 1. The number of nitrogens with one attached hydrogen (secondary N) is 1. The zero-order chi connectivity index (χ0) is 17.4. The Kier molecular flexibility index (Phi) is 6.38. The van der Waals surface area contributed by atoms with Crippen molar-refractivity contribution in [3.8, 4) is 5.75 Å². The van der Waals surface area contributed by atoms with E-state index in [9.17, 15) is 14.7 Å². The van der Waals surface area contributed by atoms with Crippen LogP contribution in [0.15, 0.2) is 42.5 Å². The lowest BCUT2D eigenvalue weighted by atomic mass is 10.2. The number of anilines is 2. The molecule has 8 heteroatoms. The summed E-state index contributed by atoms with van der Waals surface area (Å²) in [6.45, 7) is 0. The zero-order valence-corrected chi connectivity index (χ0v) is 12.4. The number of rotatable bonds is 2. The van der Waals surface area contributed by atoms with Crippen molar-refractivity contribution in [2.45, 2.75) is 0 Å². The number of hydrogen-bond donors (Lipinski definition) is 5. The van der Waals surface area contributed by atoms with E-state index < -0.39 is 5.91 Å². The molecule has 0 saturated carbocycles. The quantitative estimate of drug-likeness (QED) is 0.179. The predicted octanol–water partition coefficient (Wildman–Crippen LogP) is 0.633. The molecule has 122 valence electrons. The lowest BCUT2D eigenvalue weighted by molar-refractivity contribution is 0.0600. The van der Waals surface area contributed by atoms with Gasteiger partial charge in [-0.3, -0.25) is 10.2 Å². The van der Waals surface area contributed by atoms with Crippen molar-refractivity contribution in [3.63, 3.8) is 0 Å². The highest BCUT2D eigenvalue weighted by Gasteiger charge is 2.08. The van der Waals surface area contributed by atoms with E-state index in [-0.39, 0.29) is 17.3 Å². The first-order valence-electron chi connectivity index (χ1n) is 6.42. The highest BCUT2D eigenvalue weighted by atomic mass is 16.5. The summed E-state index contributed by atoms with van der Waals surface area (Å²) >= 11 is 0. The van der Waals surface area contributed by atoms with E-state index >= 15 is 0 Å². The number of carbonyl (C=O) groups excluding carboxylic acids is 2. The first kappa shape index (κ1) is 17.8. The fourth-order valence-electron chi connectivity index (χ4n) is 1.56. The third kappa shape index (κ3) is 5.21. The summed E-state index contributed by atoms with van der Waals surface area (Å²) in [5.41, 5.74) is 14.3. The molecule has 23 heavy (non-hydrogen) atoms. The molecule has 2 aromatic rings. The molecule has 8 N–H and O–H groups in total. The van der Waals surface area contributed by atoms with Crippen molar-refractivity contribution in [1.29, 1.82) is 0 Å². The molecule has 0 bridgehead atoms. The van der Waals surface area contributed by atoms with E-state index in [0.717, 1.165) is 0 Å². The Balaban J connectivity index is 0.000000231. The Hall–Kier alpha value is -3.26. The summed E-state index contributed by atoms with van der Waals surface area (Å²) in [7, 11) is 1.35. The van der Waals surface area contributed by atoms with Crippen LogP contribution in [0.5, 0.6) is 5.75 Å². The molecule has 0 heterocycles. The van der Waals surface area contributed by atoms with E-state index in [1.807, 2.05) is 5.43 Å². The Morgan fingerprint density at radius 2 is 1.61 bits per heavy atom. The lowest BCUT2D eigenvalue weighted by Crippen LogP contribution is -2.29. The first-order chi connectivity index (χ1) is 10.9. The normalized spacial score (nSPS) is 9.30. The van der Waals surface area contributed by atoms with Crippen LogP contribution in [0.4, 0.5) is 11.4 Å². The highest BCUT2D eigenvalue weighted by molar-refractivity contribution is 5.96. The van der Waals surface area contributed by atoms with Gasteiger partial charge in [-0.05, 0) is 36.4 Å². The van der Waals surface area contributed by atoms with Gasteiger partial charge in [-0.2, -0.15) is 0 Å². The van der Waals surface area contributed by atoms with Crippen LogP contribution < -0.4 is 22.7 Å². The van der Waals surface area contributed by atoms with Crippen molar-refractivity contribution in [3.05, 3.63) is 53.6 Å². The Morgan fingerprint density at radius 1 is 1.04 bits per heavy atom. The second-order valence-corrected chi connectivity index (χ2v) is 4.36. The Bertz CT molecular complexity index is 686. The Labute approximate surface area is 132 Å². The third-order valence-corrected chi connectivity index (χ3v) is 2.73. The minimum absolute atomic E-state index is 0.103. The molecule has 1 amide bonds. The van der Waals surface area contributed by atoms with Crippen LogP contribution in [0.2, 0.25) is 0 Å². The van der Waals surface area contributed by atoms with Crippen LogP contribution in [0.1, 0.15) is 20.7 Å². The molecular formula is C15H18N4O4. The molecule has 0 atom stereocenters. The van der Waals surface area contributed by atoms with Gasteiger partial charge in [-0.1, -0.05) is 0 Å². The van der Waals surface area contributed by atoms with E-state index in [4.69, 9.17) is 17.3 Å².